The van der Waals surface area contributed by atoms with Crippen molar-refractivity contribution in [1.29, 1.82) is 0 Å². The van der Waals surface area contributed by atoms with E-state index in [2.05, 4.69) is 18.7 Å². The molecule has 0 aromatic rings. The van der Waals surface area contributed by atoms with Crippen LogP contribution >= 0.6 is 0 Å². The van der Waals surface area contributed by atoms with E-state index in [1.165, 1.54) is 32.4 Å². The van der Waals surface area contributed by atoms with Crippen molar-refractivity contribution in [2.45, 2.75) is 45.1 Å². The molecule has 2 N–H and O–H groups in total. The fraction of sp³-hybridized carbons (Fsp3) is 1.00. The molecule has 96 valence electrons. The maximum absolute atomic E-state index is 5.60. The second kappa shape index (κ2) is 6.58. The van der Waals surface area contributed by atoms with Crippen molar-refractivity contribution in [2.24, 2.45) is 11.7 Å². The largest absolute Gasteiger partial charge is 0.379 e. The van der Waals surface area contributed by atoms with E-state index >= 15 is 0 Å². The van der Waals surface area contributed by atoms with E-state index in [0.717, 1.165) is 25.4 Å². The topological polar surface area (TPSA) is 38.5 Å². The predicted octanol–water partition coefficient (Wildman–Crippen LogP) is 1.86. The summed E-state index contributed by atoms with van der Waals surface area (Å²) in [5.74, 6) is 0.872. The fourth-order valence-electron chi connectivity index (χ4n) is 2.26. The Labute approximate surface area is 100 Å². The van der Waals surface area contributed by atoms with Crippen molar-refractivity contribution in [3.8, 4) is 0 Å². The molecule has 0 spiro atoms. The Morgan fingerprint density at radius 2 is 1.94 bits per heavy atom. The number of rotatable bonds is 6. The lowest BCUT2D eigenvalue weighted by Crippen LogP contribution is -2.38. The van der Waals surface area contributed by atoms with Gasteiger partial charge in [0, 0.05) is 13.7 Å². The third-order valence-electron chi connectivity index (χ3n) is 3.86. The van der Waals surface area contributed by atoms with E-state index in [1.54, 1.807) is 7.11 Å². The van der Waals surface area contributed by atoms with Crippen LogP contribution in [0.3, 0.4) is 0 Å². The summed E-state index contributed by atoms with van der Waals surface area (Å²) in [5, 5.41) is 0. The summed E-state index contributed by atoms with van der Waals surface area (Å²) >= 11 is 0. The van der Waals surface area contributed by atoms with Crippen LogP contribution < -0.4 is 5.73 Å². The van der Waals surface area contributed by atoms with E-state index < -0.39 is 0 Å². The summed E-state index contributed by atoms with van der Waals surface area (Å²) in [4.78, 5) is 2.56. The van der Waals surface area contributed by atoms with Gasteiger partial charge in [0.05, 0.1) is 5.60 Å². The highest BCUT2D eigenvalue weighted by atomic mass is 16.5. The number of piperidine rings is 1. The predicted molar refractivity (Wildman–Crippen MR) is 68.5 cm³/mol. The van der Waals surface area contributed by atoms with Crippen molar-refractivity contribution in [1.82, 2.24) is 4.90 Å². The monoisotopic (exact) mass is 228 g/mol. The van der Waals surface area contributed by atoms with Crippen LogP contribution in [0.4, 0.5) is 0 Å². The van der Waals surface area contributed by atoms with E-state index in [0.29, 0.717) is 0 Å². The highest BCUT2D eigenvalue weighted by Gasteiger charge is 2.21. The zero-order valence-corrected chi connectivity index (χ0v) is 11.2. The Hall–Kier alpha value is -0.120. The summed E-state index contributed by atoms with van der Waals surface area (Å²) in [5.41, 5.74) is 5.62. The SMILES string of the molecule is COC(C)(C)CCN1CCC(CCN)CC1. The quantitative estimate of drug-likeness (QED) is 0.754. The van der Waals surface area contributed by atoms with Crippen LogP contribution in [0.5, 0.6) is 0 Å². The standard InChI is InChI=1S/C13H28N2O/c1-13(2,16-3)7-11-15-9-5-12(4-8-14)6-10-15/h12H,4-11,14H2,1-3H3. The zero-order valence-electron chi connectivity index (χ0n) is 11.2. The highest BCUT2D eigenvalue weighted by Crippen LogP contribution is 2.21. The Morgan fingerprint density at radius 3 is 2.44 bits per heavy atom. The molecule has 1 fully saturated rings. The van der Waals surface area contributed by atoms with Crippen LogP contribution in [0.2, 0.25) is 0 Å². The molecule has 0 radical (unpaired) electrons. The van der Waals surface area contributed by atoms with Crippen LogP contribution in [0.15, 0.2) is 0 Å². The number of hydrogen-bond donors (Lipinski definition) is 1. The van der Waals surface area contributed by atoms with Crippen LogP contribution in [0.1, 0.15) is 39.5 Å². The lowest BCUT2D eigenvalue weighted by molar-refractivity contribution is 0.00482. The second-order valence-corrected chi connectivity index (χ2v) is 5.58. The van der Waals surface area contributed by atoms with Crippen molar-refractivity contribution in [3.05, 3.63) is 0 Å². The molecule has 0 atom stereocenters. The number of nitrogens with two attached hydrogens (primary N) is 1. The summed E-state index contributed by atoms with van der Waals surface area (Å²) in [6.07, 6.45) is 4.97. The van der Waals surface area contributed by atoms with Gasteiger partial charge in [0.2, 0.25) is 0 Å². The molecule has 0 bridgehead atoms. The number of nitrogens with zero attached hydrogens (tertiary/aromatic N) is 1. The van der Waals surface area contributed by atoms with Crippen molar-refractivity contribution < 1.29 is 4.74 Å². The highest BCUT2D eigenvalue weighted by molar-refractivity contribution is 4.76. The zero-order chi connectivity index (χ0) is 12.0. The van der Waals surface area contributed by atoms with Gasteiger partial charge in [-0.1, -0.05) is 0 Å². The molecule has 0 aliphatic carbocycles. The van der Waals surface area contributed by atoms with Gasteiger partial charge in [-0.25, -0.2) is 0 Å². The van der Waals surface area contributed by atoms with Gasteiger partial charge in [-0.2, -0.15) is 0 Å². The molecule has 0 unspecified atom stereocenters. The minimum Gasteiger partial charge on any atom is -0.379 e. The van der Waals surface area contributed by atoms with Crippen molar-refractivity contribution in [2.75, 3.05) is 33.3 Å². The summed E-state index contributed by atoms with van der Waals surface area (Å²) in [7, 11) is 1.80. The Morgan fingerprint density at radius 1 is 1.31 bits per heavy atom. The normalized spacial score (nSPS) is 20.2. The minimum absolute atomic E-state index is 0.0219. The van der Waals surface area contributed by atoms with Crippen LogP contribution in [-0.4, -0.2) is 43.8 Å². The van der Waals surface area contributed by atoms with Gasteiger partial charge >= 0.3 is 0 Å². The average Bonchev–Trinajstić information content (AvgIpc) is 2.29. The molecule has 1 saturated heterocycles. The summed E-state index contributed by atoms with van der Waals surface area (Å²) in [6.45, 7) is 8.81. The van der Waals surface area contributed by atoms with Crippen LogP contribution in [0, 0.1) is 5.92 Å². The molecule has 3 nitrogen and oxygen atoms in total. The molecule has 0 saturated carbocycles. The third-order valence-corrected chi connectivity index (χ3v) is 3.86. The molecular weight excluding hydrogens is 200 g/mol. The Balaban J connectivity index is 2.17. The maximum atomic E-state index is 5.60. The maximum Gasteiger partial charge on any atom is 0.0634 e. The molecule has 1 heterocycles. The first-order chi connectivity index (χ1) is 7.57. The lowest BCUT2D eigenvalue weighted by Gasteiger charge is -2.34. The molecule has 1 aliphatic heterocycles. The lowest BCUT2D eigenvalue weighted by atomic mass is 9.93. The van der Waals surface area contributed by atoms with Crippen molar-refractivity contribution >= 4 is 0 Å². The van der Waals surface area contributed by atoms with Gasteiger partial charge in [-0.15, -0.1) is 0 Å². The molecule has 0 aromatic heterocycles. The van der Waals surface area contributed by atoms with Gasteiger partial charge in [-0.05, 0) is 65.1 Å². The van der Waals surface area contributed by atoms with Gasteiger partial charge in [0.25, 0.3) is 0 Å². The van der Waals surface area contributed by atoms with Gasteiger partial charge in [-0.3, -0.25) is 0 Å². The summed E-state index contributed by atoms with van der Waals surface area (Å²) in [6, 6.07) is 0. The van der Waals surface area contributed by atoms with Crippen LogP contribution in [-0.2, 0) is 4.74 Å². The molecule has 1 aliphatic rings. The number of ether oxygens (including phenoxy) is 1. The van der Waals surface area contributed by atoms with Gasteiger partial charge in [0.15, 0.2) is 0 Å². The number of hydrogen-bond acceptors (Lipinski definition) is 3. The molecule has 16 heavy (non-hydrogen) atoms. The first kappa shape index (κ1) is 13.9. The van der Waals surface area contributed by atoms with Gasteiger partial charge < -0.3 is 15.4 Å². The van der Waals surface area contributed by atoms with Crippen LogP contribution in [0.25, 0.3) is 0 Å². The summed E-state index contributed by atoms with van der Waals surface area (Å²) < 4.78 is 5.45. The number of methoxy groups -OCH3 is 1. The smallest absolute Gasteiger partial charge is 0.0634 e. The second-order valence-electron chi connectivity index (χ2n) is 5.58. The van der Waals surface area contributed by atoms with E-state index in [9.17, 15) is 0 Å². The fourth-order valence-corrected chi connectivity index (χ4v) is 2.26. The molecular formula is C13H28N2O. The van der Waals surface area contributed by atoms with E-state index in [4.69, 9.17) is 10.5 Å². The Kier molecular flexibility index (Phi) is 5.73. The average molecular weight is 228 g/mol. The van der Waals surface area contributed by atoms with Crippen molar-refractivity contribution in [3.63, 3.8) is 0 Å². The third kappa shape index (κ3) is 4.81. The first-order valence-corrected chi connectivity index (χ1v) is 6.55. The molecule has 1 rings (SSSR count). The van der Waals surface area contributed by atoms with E-state index in [1.807, 2.05) is 0 Å². The number of likely N-dealkylation sites (tertiary alicyclic amines) is 1. The molecule has 0 amide bonds. The molecule has 0 aromatic carbocycles. The van der Waals surface area contributed by atoms with Gasteiger partial charge in [0.1, 0.15) is 0 Å². The first-order valence-electron chi connectivity index (χ1n) is 6.55. The van der Waals surface area contributed by atoms with E-state index in [-0.39, 0.29) is 5.60 Å². The Bertz CT molecular complexity index is 186. The minimum atomic E-state index is 0.0219. The molecule has 3 heteroatoms.